The number of benzene rings is 1. The zero-order valence-electron chi connectivity index (χ0n) is 12.8. The molecule has 0 aliphatic rings. The second-order valence-electron chi connectivity index (χ2n) is 5.16. The van der Waals surface area contributed by atoms with Gasteiger partial charge in [0.25, 0.3) is 0 Å². The van der Waals surface area contributed by atoms with Crippen LogP contribution in [0.4, 0.5) is 5.13 Å². The molecule has 0 bridgehead atoms. The summed E-state index contributed by atoms with van der Waals surface area (Å²) in [5, 5.41) is 1.79. The largest absolute Gasteiger partial charge is 0.344 e. The number of aromatic nitrogens is 1. The second-order valence-corrected chi connectivity index (χ2v) is 6.66. The van der Waals surface area contributed by atoms with Crippen molar-refractivity contribution in [1.29, 1.82) is 0 Å². The Bertz CT molecular complexity index is 580. The molecule has 1 aromatic heterocycles. The first kappa shape index (κ1) is 16.3. The van der Waals surface area contributed by atoms with Crippen molar-refractivity contribution in [3.8, 4) is 0 Å². The Balaban J connectivity index is 2.22. The van der Waals surface area contributed by atoms with Crippen molar-refractivity contribution in [1.82, 2.24) is 4.98 Å². The van der Waals surface area contributed by atoms with Crippen LogP contribution in [0.1, 0.15) is 42.4 Å². The molecule has 1 unspecified atom stereocenters. The average molecular weight is 324 g/mol. The van der Waals surface area contributed by atoms with Crippen LogP contribution in [0.2, 0.25) is 5.02 Å². The minimum Gasteiger partial charge on any atom is -0.344 e. The third-order valence-corrected chi connectivity index (χ3v) is 5.14. The van der Waals surface area contributed by atoms with Crippen molar-refractivity contribution in [3.05, 3.63) is 45.4 Å². The predicted molar refractivity (Wildman–Crippen MR) is 92.3 cm³/mol. The molecule has 0 saturated carbocycles. The lowest BCUT2D eigenvalue weighted by molar-refractivity contribution is 0.733. The molecule has 114 valence electrons. The summed E-state index contributed by atoms with van der Waals surface area (Å²) in [6, 6.07) is 8.23. The van der Waals surface area contributed by atoms with Crippen molar-refractivity contribution in [2.45, 2.75) is 39.3 Å². The maximum Gasteiger partial charge on any atom is 0.186 e. The zero-order chi connectivity index (χ0) is 15.4. The van der Waals surface area contributed by atoms with Crippen molar-refractivity contribution in [2.75, 3.05) is 11.9 Å². The number of rotatable bonds is 6. The molecule has 0 spiro atoms. The summed E-state index contributed by atoms with van der Waals surface area (Å²) in [7, 11) is 2.08. The molecule has 1 heterocycles. The Kier molecular flexibility index (Phi) is 5.62. The molecular formula is C16H22ClN3S. The number of anilines is 1. The van der Waals surface area contributed by atoms with E-state index in [2.05, 4.69) is 37.9 Å². The summed E-state index contributed by atoms with van der Waals surface area (Å²) in [4.78, 5) is 8.17. The predicted octanol–water partition coefficient (Wildman–Crippen LogP) is 4.41. The zero-order valence-corrected chi connectivity index (χ0v) is 14.3. The number of hydrogen-bond donors (Lipinski definition) is 1. The summed E-state index contributed by atoms with van der Waals surface area (Å²) in [6.07, 6.45) is 2.08. The Morgan fingerprint density at radius 3 is 2.57 bits per heavy atom. The van der Waals surface area contributed by atoms with Gasteiger partial charge in [-0.25, -0.2) is 4.98 Å². The molecule has 2 N–H and O–H groups in total. The van der Waals surface area contributed by atoms with E-state index in [0.29, 0.717) is 6.54 Å². The fraction of sp³-hybridized carbons (Fsp3) is 0.438. The van der Waals surface area contributed by atoms with Crippen LogP contribution in [0, 0.1) is 0 Å². The summed E-state index contributed by atoms with van der Waals surface area (Å²) in [5.41, 5.74) is 8.21. The molecule has 0 aliphatic carbocycles. The van der Waals surface area contributed by atoms with Crippen LogP contribution in [-0.4, -0.2) is 12.0 Å². The average Bonchev–Trinajstić information content (AvgIpc) is 2.90. The highest BCUT2D eigenvalue weighted by atomic mass is 35.5. The van der Waals surface area contributed by atoms with Gasteiger partial charge in [0.2, 0.25) is 0 Å². The van der Waals surface area contributed by atoms with E-state index >= 15 is 0 Å². The number of nitrogens with two attached hydrogens (primary N) is 1. The van der Waals surface area contributed by atoms with Gasteiger partial charge in [-0.3, -0.25) is 0 Å². The Hall–Kier alpha value is -1.10. The standard InChI is InChI=1S/C16H22ClN3S/c1-4-5-14-15(10-18)21-16(19-14)20(3)11(2)12-6-8-13(17)9-7-12/h6-9,11H,4-5,10,18H2,1-3H3. The molecular weight excluding hydrogens is 302 g/mol. The highest BCUT2D eigenvalue weighted by Crippen LogP contribution is 2.32. The Morgan fingerprint density at radius 1 is 1.33 bits per heavy atom. The lowest BCUT2D eigenvalue weighted by atomic mass is 10.1. The van der Waals surface area contributed by atoms with E-state index in [4.69, 9.17) is 22.3 Å². The fourth-order valence-electron chi connectivity index (χ4n) is 2.24. The van der Waals surface area contributed by atoms with E-state index in [9.17, 15) is 0 Å². The van der Waals surface area contributed by atoms with Crippen molar-refractivity contribution in [2.24, 2.45) is 5.73 Å². The maximum atomic E-state index is 5.95. The molecule has 1 aromatic carbocycles. The molecule has 0 fully saturated rings. The van der Waals surface area contributed by atoms with Crippen LogP contribution >= 0.6 is 22.9 Å². The SMILES string of the molecule is CCCc1nc(N(C)C(C)c2ccc(Cl)cc2)sc1CN. The van der Waals surface area contributed by atoms with Gasteiger partial charge in [-0.2, -0.15) is 0 Å². The van der Waals surface area contributed by atoms with Gasteiger partial charge in [-0.1, -0.05) is 37.1 Å². The molecule has 21 heavy (non-hydrogen) atoms. The van der Waals surface area contributed by atoms with E-state index in [1.54, 1.807) is 11.3 Å². The third-order valence-electron chi connectivity index (χ3n) is 3.67. The van der Waals surface area contributed by atoms with E-state index < -0.39 is 0 Å². The smallest absolute Gasteiger partial charge is 0.186 e. The first-order chi connectivity index (χ1) is 10.1. The van der Waals surface area contributed by atoms with Gasteiger partial charge in [-0.05, 0) is 31.0 Å². The molecule has 1 atom stereocenters. The van der Waals surface area contributed by atoms with E-state index in [-0.39, 0.29) is 6.04 Å². The Labute approximate surface area is 135 Å². The van der Waals surface area contributed by atoms with Gasteiger partial charge in [0.05, 0.1) is 11.7 Å². The van der Waals surface area contributed by atoms with Gasteiger partial charge >= 0.3 is 0 Å². The Morgan fingerprint density at radius 2 is 2.00 bits per heavy atom. The van der Waals surface area contributed by atoms with Crippen molar-refractivity contribution in [3.63, 3.8) is 0 Å². The second kappa shape index (κ2) is 7.25. The summed E-state index contributed by atoms with van der Waals surface area (Å²) < 4.78 is 0. The lowest BCUT2D eigenvalue weighted by Crippen LogP contribution is -2.21. The van der Waals surface area contributed by atoms with Crippen molar-refractivity contribution < 1.29 is 0 Å². The normalized spacial score (nSPS) is 12.4. The van der Waals surface area contributed by atoms with E-state index in [1.807, 2.05) is 12.1 Å². The molecule has 3 nitrogen and oxygen atoms in total. The molecule has 0 radical (unpaired) electrons. The fourth-order valence-corrected chi connectivity index (χ4v) is 3.40. The van der Waals surface area contributed by atoms with Crippen LogP contribution in [0.25, 0.3) is 0 Å². The third kappa shape index (κ3) is 3.76. The van der Waals surface area contributed by atoms with E-state index in [0.717, 1.165) is 28.7 Å². The van der Waals surface area contributed by atoms with Gasteiger partial charge in [0.1, 0.15) is 0 Å². The number of aryl methyl sites for hydroxylation is 1. The quantitative estimate of drug-likeness (QED) is 0.856. The highest BCUT2D eigenvalue weighted by molar-refractivity contribution is 7.15. The molecule has 0 amide bonds. The minimum absolute atomic E-state index is 0.244. The monoisotopic (exact) mass is 323 g/mol. The maximum absolute atomic E-state index is 5.95. The van der Waals surface area contributed by atoms with Gasteiger partial charge in [-0.15, -0.1) is 11.3 Å². The lowest BCUT2D eigenvalue weighted by Gasteiger charge is -2.24. The minimum atomic E-state index is 0.244. The van der Waals surface area contributed by atoms with Gasteiger partial charge in [0.15, 0.2) is 5.13 Å². The molecule has 0 saturated heterocycles. The highest BCUT2D eigenvalue weighted by Gasteiger charge is 2.18. The molecule has 0 aliphatic heterocycles. The number of thiazole rings is 1. The van der Waals surface area contributed by atoms with Crippen LogP contribution < -0.4 is 10.6 Å². The number of halogens is 1. The van der Waals surface area contributed by atoms with Gasteiger partial charge in [0, 0.05) is 23.5 Å². The number of hydrogen-bond acceptors (Lipinski definition) is 4. The van der Waals surface area contributed by atoms with Gasteiger partial charge < -0.3 is 10.6 Å². The topological polar surface area (TPSA) is 42.2 Å². The summed E-state index contributed by atoms with van der Waals surface area (Å²) in [5.74, 6) is 0. The first-order valence-electron chi connectivity index (χ1n) is 7.23. The van der Waals surface area contributed by atoms with Crippen LogP contribution in [-0.2, 0) is 13.0 Å². The van der Waals surface area contributed by atoms with Crippen molar-refractivity contribution >= 4 is 28.1 Å². The summed E-state index contributed by atoms with van der Waals surface area (Å²) in [6.45, 7) is 4.90. The van der Waals surface area contributed by atoms with Crippen LogP contribution in [0.3, 0.4) is 0 Å². The molecule has 5 heteroatoms. The molecule has 2 aromatic rings. The van der Waals surface area contributed by atoms with Crippen LogP contribution in [0.5, 0.6) is 0 Å². The summed E-state index contributed by atoms with van der Waals surface area (Å²) >= 11 is 7.65. The first-order valence-corrected chi connectivity index (χ1v) is 8.43. The number of nitrogens with zero attached hydrogens (tertiary/aromatic N) is 2. The molecule has 2 rings (SSSR count). The van der Waals surface area contributed by atoms with E-state index in [1.165, 1.54) is 10.4 Å². The van der Waals surface area contributed by atoms with Crippen LogP contribution in [0.15, 0.2) is 24.3 Å².